The number of aromatic nitrogens is 3. The van der Waals surface area contributed by atoms with Crippen molar-refractivity contribution >= 4 is 11.6 Å². The third-order valence-electron chi connectivity index (χ3n) is 4.09. The molecule has 2 aromatic heterocycles. The minimum atomic E-state index is -0.316. The van der Waals surface area contributed by atoms with Crippen LogP contribution in [-0.2, 0) is 0 Å². The molecular weight excluding hydrogens is 320 g/mol. The zero-order valence-corrected chi connectivity index (χ0v) is 14.6. The van der Waals surface area contributed by atoms with Gasteiger partial charge in [0.05, 0.1) is 20.3 Å². The van der Waals surface area contributed by atoms with Crippen molar-refractivity contribution in [3.8, 4) is 11.5 Å². The van der Waals surface area contributed by atoms with Crippen LogP contribution in [0.4, 0.5) is 0 Å². The number of amides is 1. The monoisotopic (exact) mass is 340 g/mol. The van der Waals surface area contributed by atoms with Gasteiger partial charge < -0.3 is 14.8 Å². The molecule has 2 heterocycles. The fourth-order valence-electron chi connectivity index (χ4n) is 2.72. The molecule has 25 heavy (non-hydrogen) atoms. The number of methoxy groups -OCH3 is 2. The van der Waals surface area contributed by atoms with Crippen LogP contribution >= 0.6 is 0 Å². The van der Waals surface area contributed by atoms with Gasteiger partial charge in [0.1, 0.15) is 11.5 Å². The summed E-state index contributed by atoms with van der Waals surface area (Å²) < 4.78 is 12.5. The topological polar surface area (TPSA) is 77.8 Å². The van der Waals surface area contributed by atoms with Crippen molar-refractivity contribution in [1.29, 1.82) is 0 Å². The van der Waals surface area contributed by atoms with Crippen LogP contribution < -0.4 is 14.8 Å². The van der Waals surface area contributed by atoms with E-state index in [2.05, 4.69) is 15.5 Å². The number of ether oxygens (including phenoxy) is 2. The summed E-state index contributed by atoms with van der Waals surface area (Å²) in [5.41, 5.74) is 2.04. The Kier molecular flexibility index (Phi) is 4.56. The van der Waals surface area contributed by atoms with Crippen molar-refractivity contribution < 1.29 is 14.3 Å². The smallest absolute Gasteiger partial charge is 0.252 e. The van der Waals surface area contributed by atoms with Gasteiger partial charge in [-0.05, 0) is 38.1 Å². The number of carbonyl (C=O) groups is 1. The number of pyridine rings is 1. The number of hydrogen-bond donors (Lipinski definition) is 1. The summed E-state index contributed by atoms with van der Waals surface area (Å²) in [4.78, 5) is 12.7. The average molecular weight is 340 g/mol. The predicted octanol–water partition coefficient (Wildman–Crippen LogP) is 2.55. The van der Waals surface area contributed by atoms with Crippen LogP contribution in [-0.4, -0.2) is 34.7 Å². The summed E-state index contributed by atoms with van der Waals surface area (Å²) in [7, 11) is 3.13. The van der Waals surface area contributed by atoms with Gasteiger partial charge in [-0.2, -0.15) is 0 Å². The van der Waals surface area contributed by atoms with E-state index in [1.807, 2.05) is 42.6 Å². The molecule has 0 aliphatic heterocycles. The number of nitrogens with zero attached hydrogens (tertiary/aromatic N) is 3. The van der Waals surface area contributed by atoms with Gasteiger partial charge in [0.2, 0.25) is 0 Å². The average Bonchev–Trinajstić information content (AvgIpc) is 3.06. The van der Waals surface area contributed by atoms with Crippen LogP contribution in [0.5, 0.6) is 11.5 Å². The first kappa shape index (κ1) is 16.8. The van der Waals surface area contributed by atoms with Gasteiger partial charge in [-0.25, -0.2) is 0 Å². The fraction of sp³-hybridized carbons (Fsp3) is 0.278. The molecule has 0 saturated carbocycles. The highest BCUT2D eigenvalue weighted by Gasteiger charge is 2.19. The van der Waals surface area contributed by atoms with Gasteiger partial charge >= 0.3 is 0 Å². The molecule has 3 rings (SSSR count). The molecule has 0 saturated heterocycles. The first-order valence-corrected chi connectivity index (χ1v) is 7.88. The second-order valence-electron chi connectivity index (χ2n) is 5.69. The molecular formula is C18H20N4O3. The lowest BCUT2D eigenvalue weighted by Crippen LogP contribution is -2.28. The maximum atomic E-state index is 12.7. The number of fused-ring (bicyclic) bond motifs is 1. The van der Waals surface area contributed by atoms with Crippen molar-refractivity contribution in [3.05, 3.63) is 53.5 Å². The van der Waals surface area contributed by atoms with Crippen molar-refractivity contribution in [1.82, 2.24) is 19.9 Å². The van der Waals surface area contributed by atoms with E-state index in [0.29, 0.717) is 22.9 Å². The molecule has 1 atom stereocenters. The van der Waals surface area contributed by atoms with Gasteiger partial charge in [-0.3, -0.25) is 9.20 Å². The van der Waals surface area contributed by atoms with Crippen LogP contribution in [0.3, 0.4) is 0 Å². The number of nitrogens with one attached hydrogen (secondary N) is 1. The minimum absolute atomic E-state index is 0.239. The van der Waals surface area contributed by atoms with Crippen molar-refractivity contribution in [2.45, 2.75) is 19.9 Å². The third kappa shape index (κ3) is 3.13. The normalized spacial score (nSPS) is 12.0. The highest BCUT2D eigenvalue weighted by molar-refractivity contribution is 5.95. The molecule has 1 amide bonds. The zero-order valence-electron chi connectivity index (χ0n) is 14.6. The molecule has 7 heteroatoms. The minimum Gasteiger partial charge on any atom is -0.496 e. The third-order valence-corrected chi connectivity index (χ3v) is 4.09. The summed E-state index contributed by atoms with van der Waals surface area (Å²) in [6.07, 6.45) is 1.87. The standard InChI is InChI=1S/C18H20N4O3/c1-11-14(24-3)9-13(10-15(11)25-4)18(23)19-12(2)17-21-20-16-7-5-6-8-22(16)17/h5-10,12H,1-4H3,(H,19,23). The molecule has 0 bridgehead atoms. The molecule has 0 aliphatic carbocycles. The molecule has 7 nitrogen and oxygen atoms in total. The Morgan fingerprint density at radius 2 is 1.84 bits per heavy atom. The van der Waals surface area contributed by atoms with Crippen LogP contribution in [0.1, 0.15) is 34.7 Å². The summed E-state index contributed by atoms with van der Waals surface area (Å²) in [6, 6.07) is 8.72. The van der Waals surface area contributed by atoms with E-state index in [9.17, 15) is 4.79 Å². The largest absolute Gasteiger partial charge is 0.496 e. The molecule has 3 aromatic rings. The Balaban J connectivity index is 1.87. The Morgan fingerprint density at radius 1 is 1.16 bits per heavy atom. The van der Waals surface area contributed by atoms with Crippen molar-refractivity contribution in [3.63, 3.8) is 0 Å². The van der Waals surface area contributed by atoms with Crippen molar-refractivity contribution in [2.75, 3.05) is 14.2 Å². The van der Waals surface area contributed by atoms with Gasteiger partial charge in [0.15, 0.2) is 11.5 Å². The lowest BCUT2D eigenvalue weighted by Gasteiger charge is -2.15. The molecule has 0 spiro atoms. The van der Waals surface area contributed by atoms with Crippen molar-refractivity contribution in [2.24, 2.45) is 0 Å². The molecule has 1 N–H and O–H groups in total. The Morgan fingerprint density at radius 3 is 2.48 bits per heavy atom. The van der Waals surface area contributed by atoms with Crippen LogP contribution in [0.15, 0.2) is 36.5 Å². The first-order valence-electron chi connectivity index (χ1n) is 7.88. The maximum absolute atomic E-state index is 12.7. The second-order valence-corrected chi connectivity index (χ2v) is 5.69. The van der Waals surface area contributed by atoms with Gasteiger partial charge in [-0.1, -0.05) is 6.07 Å². The van der Waals surface area contributed by atoms with Crippen LogP contribution in [0.2, 0.25) is 0 Å². The lowest BCUT2D eigenvalue weighted by molar-refractivity contribution is 0.0937. The summed E-state index contributed by atoms with van der Waals surface area (Å²) in [5.74, 6) is 1.63. The SMILES string of the molecule is COc1cc(C(=O)NC(C)c2nnc3ccccn23)cc(OC)c1C. The summed E-state index contributed by atoms with van der Waals surface area (Å²) in [5, 5.41) is 11.2. The van der Waals surface area contributed by atoms with E-state index in [-0.39, 0.29) is 11.9 Å². The highest BCUT2D eigenvalue weighted by atomic mass is 16.5. The first-order chi connectivity index (χ1) is 12.0. The van der Waals surface area contributed by atoms with Gasteiger partial charge in [0.25, 0.3) is 5.91 Å². The van der Waals surface area contributed by atoms with Crippen LogP contribution in [0.25, 0.3) is 5.65 Å². The predicted molar refractivity (Wildman–Crippen MR) is 93.2 cm³/mol. The Hall–Kier alpha value is -3.09. The molecule has 130 valence electrons. The highest BCUT2D eigenvalue weighted by Crippen LogP contribution is 2.29. The lowest BCUT2D eigenvalue weighted by atomic mass is 10.1. The Labute approximate surface area is 145 Å². The zero-order chi connectivity index (χ0) is 18.0. The van der Waals surface area contributed by atoms with E-state index in [1.165, 1.54) is 0 Å². The summed E-state index contributed by atoms with van der Waals surface area (Å²) in [6.45, 7) is 3.74. The number of rotatable bonds is 5. The van der Waals surface area contributed by atoms with E-state index < -0.39 is 0 Å². The van der Waals surface area contributed by atoms with Gasteiger partial charge in [-0.15, -0.1) is 10.2 Å². The molecule has 1 unspecified atom stereocenters. The van der Waals surface area contributed by atoms with E-state index in [4.69, 9.17) is 9.47 Å². The molecule has 0 aliphatic rings. The number of benzene rings is 1. The summed E-state index contributed by atoms with van der Waals surface area (Å²) >= 11 is 0. The maximum Gasteiger partial charge on any atom is 0.252 e. The molecule has 1 aromatic carbocycles. The van der Waals surface area contributed by atoms with Gasteiger partial charge in [0, 0.05) is 17.3 Å². The number of hydrogen-bond acceptors (Lipinski definition) is 5. The quantitative estimate of drug-likeness (QED) is 0.772. The van der Waals surface area contributed by atoms with Crippen LogP contribution in [0, 0.1) is 6.92 Å². The second kappa shape index (κ2) is 6.80. The van der Waals surface area contributed by atoms with E-state index >= 15 is 0 Å². The number of carbonyl (C=O) groups excluding carboxylic acids is 1. The molecule has 0 fully saturated rings. The van der Waals surface area contributed by atoms with E-state index in [1.54, 1.807) is 26.4 Å². The fourth-order valence-corrected chi connectivity index (χ4v) is 2.72. The van der Waals surface area contributed by atoms with E-state index in [0.717, 1.165) is 11.2 Å². The Bertz CT molecular complexity index is 895. The molecule has 0 radical (unpaired) electrons.